The summed E-state index contributed by atoms with van der Waals surface area (Å²) in [6.07, 6.45) is 2.36. The molecular formula is C24H30N6O5. The predicted molar refractivity (Wildman–Crippen MR) is 125 cm³/mol. The largest absolute Gasteiger partial charge is 0.471 e. The van der Waals surface area contributed by atoms with Crippen LogP contribution < -0.4 is 4.74 Å². The molecule has 0 aromatic carbocycles. The zero-order valence-electron chi connectivity index (χ0n) is 20.2. The molecule has 3 aromatic rings. The van der Waals surface area contributed by atoms with Gasteiger partial charge >= 0.3 is 6.09 Å². The lowest BCUT2D eigenvalue weighted by Gasteiger charge is -2.31. The van der Waals surface area contributed by atoms with E-state index in [1.54, 1.807) is 4.90 Å². The van der Waals surface area contributed by atoms with Gasteiger partial charge in [0, 0.05) is 31.0 Å². The van der Waals surface area contributed by atoms with Crippen LogP contribution in [0.4, 0.5) is 4.79 Å². The normalized spacial score (nSPS) is 24.5. The van der Waals surface area contributed by atoms with Gasteiger partial charge in [-0.3, -0.25) is 0 Å². The van der Waals surface area contributed by atoms with Crippen molar-refractivity contribution in [3.63, 3.8) is 0 Å². The molecule has 1 saturated carbocycles. The Morgan fingerprint density at radius 3 is 2.66 bits per heavy atom. The summed E-state index contributed by atoms with van der Waals surface area (Å²) in [5, 5.41) is 22.6. The quantitative estimate of drug-likeness (QED) is 0.574. The summed E-state index contributed by atoms with van der Waals surface area (Å²) >= 11 is 0. The molecule has 0 radical (unpaired) electrons. The number of aromatic nitrogens is 5. The van der Waals surface area contributed by atoms with Gasteiger partial charge in [0.1, 0.15) is 42.2 Å². The van der Waals surface area contributed by atoms with E-state index in [9.17, 15) is 15.0 Å². The van der Waals surface area contributed by atoms with Gasteiger partial charge in [-0.2, -0.15) is 0 Å². The first-order chi connectivity index (χ1) is 16.6. The van der Waals surface area contributed by atoms with Crippen molar-refractivity contribution in [2.75, 3.05) is 6.54 Å². The standard InChI is InChI=1S/C24H30N6O5/c1-13-14-5-8-30(21(14)27-11-25-13)17-9-18(20(32)19(17)31)34-22-15-10-29(23(33)35-24(2,3)4)7-6-16(15)26-12-28-22/h5,8,11-12,17-20,31-32H,6-7,9-10H2,1-4H3/t17-,18+,19+,20-/m1/s1. The van der Waals surface area contributed by atoms with Crippen LogP contribution in [0.2, 0.25) is 0 Å². The minimum Gasteiger partial charge on any atom is -0.471 e. The second kappa shape index (κ2) is 8.72. The number of carbonyl (C=O) groups excluding carboxylic acids is 1. The van der Waals surface area contributed by atoms with Crippen molar-refractivity contribution in [1.29, 1.82) is 0 Å². The Kier molecular flexibility index (Phi) is 5.84. The SMILES string of the molecule is Cc1ncnc2c1ccn2[C@@H]1C[C@H](Oc2ncnc3c2CN(C(=O)OC(C)(C)C)CC3)[C@@H](O)[C@H]1O. The molecule has 5 rings (SSSR count). The van der Waals surface area contributed by atoms with Crippen LogP contribution in [0.3, 0.4) is 0 Å². The molecule has 1 amide bonds. The number of rotatable bonds is 3. The summed E-state index contributed by atoms with van der Waals surface area (Å²) in [7, 11) is 0. The lowest BCUT2D eigenvalue weighted by molar-refractivity contribution is -0.0181. The Morgan fingerprint density at radius 1 is 1.11 bits per heavy atom. The van der Waals surface area contributed by atoms with Crippen molar-refractivity contribution in [1.82, 2.24) is 29.4 Å². The van der Waals surface area contributed by atoms with Gasteiger partial charge in [0.05, 0.1) is 29.5 Å². The topological polar surface area (TPSA) is 136 Å². The van der Waals surface area contributed by atoms with Crippen LogP contribution in [0.25, 0.3) is 11.0 Å². The molecule has 4 atom stereocenters. The molecule has 0 unspecified atom stereocenters. The highest BCUT2D eigenvalue weighted by molar-refractivity contribution is 5.78. The van der Waals surface area contributed by atoms with Gasteiger partial charge in [-0.1, -0.05) is 0 Å². The van der Waals surface area contributed by atoms with Crippen LogP contribution in [0.1, 0.15) is 50.2 Å². The van der Waals surface area contributed by atoms with Crippen molar-refractivity contribution in [3.8, 4) is 5.88 Å². The Balaban J connectivity index is 1.37. The van der Waals surface area contributed by atoms with E-state index in [0.29, 0.717) is 36.5 Å². The predicted octanol–water partition coefficient (Wildman–Crippen LogP) is 1.94. The first-order valence-electron chi connectivity index (χ1n) is 11.7. The molecule has 0 saturated heterocycles. The van der Waals surface area contributed by atoms with E-state index in [1.807, 2.05) is 44.5 Å². The van der Waals surface area contributed by atoms with Gasteiger partial charge in [0.2, 0.25) is 5.88 Å². The first-order valence-corrected chi connectivity index (χ1v) is 11.7. The fourth-order valence-electron chi connectivity index (χ4n) is 4.77. The van der Waals surface area contributed by atoms with E-state index < -0.39 is 36.0 Å². The molecule has 4 heterocycles. The average molecular weight is 483 g/mol. The van der Waals surface area contributed by atoms with E-state index in [0.717, 1.165) is 16.8 Å². The lowest BCUT2D eigenvalue weighted by Crippen LogP contribution is -2.40. The molecular weight excluding hydrogens is 452 g/mol. The summed E-state index contributed by atoms with van der Waals surface area (Å²) in [6, 6.07) is 1.47. The van der Waals surface area contributed by atoms with E-state index in [-0.39, 0.29) is 6.54 Å². The van der Waals surface area contributed by atoms with E-state index >= 15 is 0 Å². The summed E-state index contributed by atoms with van der Waals surface area (Å²) in [4.78, 5) is 31.5. The summed E-state index contributed by atoms with van der Waals surface area (Å²) in [5.41, 5.74) is 2.42. The Morgan fingerprint density at radius 2 is 1.89 bits per heavy atom. The lowest BCUT2D eigenvalue weighted by atomic mass is 10.1. The number of fused-ring (bicyclic) bond motifs is 2. The fraction of sp³-hybridized carbons (Fsp3) is 0.542. The minimum atomic E-state index is -1.13. The molecule has 1 fully saturated rings. The molecule has 0 bridgehead atoms. The fourth-order valence-corrected chi connectivity index (χ4v) is 4.77. The highest BCUT2D eigenvalue weighted by Crippen LogP contribution is 2.37. The van der Waals surface area contributed by atoms with Crippen LogP contribution in [-0.2, 0) is 17.7 Å². The zero-order valence-corrected chi connectivity index (χ0v) is 20.2. The maximum atomic E-state index is 12.6. The van der Waals surface area contributed by atoms with Crippen LogP contribution in [0, 0.1) is 6.92 Å². The number of nitrogens with zero attached hydrogens (tertiary/aromatic N) is 6. The molecule has 1 aliphatic heterocycles. The highest BCUT2D eigenvalue weighted by atomic mass is 16.6. The van der Waals surface area contributed by atoms with Crippen LogP contribution in [0.5, 0.6) is 5.88 Å². The third-order valence-corrected chi connectivity index (χ3v) is 6.54. The van der Waals surface area contributed by atoms with Crippen LogP contribution in [-0.4, -0.2) is 76.2 Å². The third kappa shape index (κ3) is 4.41. The maximum absolute atomic E-state index is 12.6. The van der Waals surface area contributed by atoms with Crippen molar-refractivity contribution in [2.24, 2.45) is 0 Å². The molecule has 186 valence electrons. The zero-order chi connectivity index (χ0) is 24.9. The number of ether oxygens (including phenoxy) is 2. The highest BCUT2D eigenvalue weighted by Gasteiger charge is 2.45. The molecule has 1 aliphatic carbocycles. The number of carbonyl (C=O) groups is 1. The molecule has 2 N–H and O–H groups in total. The Labute approximate surface area is 202 Å². The van der Waals surface area contributed by atoms with Gasteiger partial charge in [-0.25, -0.2) is 24.7 Å². The van der Waals surface area contributed by atoms with Gasteiger partial charge < -0.3 is 29.2 Å². The Bertz CT molecular complexity index is 1250. The minimum absolute atomic E-state index is 0.244. The molecule has 11 nitrogen and oxygen atoms in total. The van der Waals surface area contributed by atoms with Crippen molar-refractivity contribution >= 4 is 17.1 Å². The van der Waals surface area contributed by atoms with Gasteiger partial charge in [-0.05, 0) is 33.8 Å². The maximum Gasteiger partial charge on any atom is 0.410 e. The van der Waals surface area contributed by atoms with E-state index in [2.05, 4.69) is 19.9 Å². The summed E-state index contributed by atoms with van der Waals surface area (Å²) < 4.78 is 13.5. The first kappa shape index (κ1) is 23.4. The number of aliphatic hydroxyl groups excluding tert-OH is 2. The number of hydrogen-bond donors (Lipinski definition) is 2. The molecule has 35 heavy (non-hydrogen) atoms. The molecule has 0 spiro atoms. The summed E-state index contributed by atoms with van der Waals surface area (Å²) in [5.74, 6) is 0.302. The monoisotopic (exact) mass is 482 g/mol. The van der Waals surface area contributed by atoms with Crippen molar-refractivity contribution in [2.45, 2.75) is 77.0 Å². The van der Waals surface area contributed by atoms with Crippen LogP contribution in [0.15, 0.2) is 24.9 Å². The average Bonchev–Trinajstić information content (AvgIpc) is 3.35. The number of aliphatic hydroxyl groups is 2. The van der Waals surface area contributed by atoms with Crippen molar-refractivity contribution < 1.29 is 24.5 Å². The summed E-state index contributed by atoms with van der Waals surface area (Å²) in [6.45, 7) is 8.10. The van der Waals surface area contributed by atoms with Gasteiger partial charge in [0.25, 0.3) is 0 Å². The van der Waals surface area contributed by atoms with E-state index in [1.165, 1.54) is 12.7 Å². The second-order valence-electron chi connectivity index (χ2n) is 10.1. The van der Waals surface area contributed by atoms with Gasteiger partial charge in [0.15, 0.2) is 0 Å². The van der Waals surface area contributed by atoms with Gasteiger partial charge in [-0.15, -0.1) is 0 Å². The number of amides is 1. The number of aryl methyl sites for hydroxylation is 1. The molecule has 2 aliphatic rings. The second-order valence-corrected chi connectivity index (χ2v) is 10.1. The molecule has 11 heteroatoms. The van der Waals surface area contributed by atoms with E-state index in [4.69, 9.17) is 9.47 Å². The molecule has 3 aromatic heterocycles. The third-order valence-electron chi connectivity index (χ3n) is 6.54. The van der Waals surface area contributed by atoms with Crippen molar-refractivity contribution in [3.05, 3.63) is 41.9 Å². The van der Waals surface area contributed by atoms with Crippen LogP contribution >= 0.6 is 0 Å². The smallest absolute Gasteiger partial charge is 0.410 e. The number of hydrogen-bond acceptors (Lipinski definition) is 9. The Hall–Kier alpha value is -3.31.